The third kappa shape index (κ3) is 12.9. The van der Waals surface area contributed by atoms with Crippen molar-refractivity contribution in [3.63, 3.8) is 0 Å². The average Bonchev–Trinajstić information content (AvgIpc) is 2.54. The summed E-state index contributed by atoms with van der Waals surface area (Å²) < 4.78 is 5.41. The molecule has 0 unspecified atom stereocenters. The van der Waals surface area contributed by atoms with Crippen LogP contribution in [-0.2, 0) is 4.74 Å². The van der Waals surface area contributed by atoms with Gasteiger partial charge in [0.1, 0.15) is 5.60 Å². The van der Waals surface area contributed by atoms with Gasteiger partial charge in [0.05, 0.1) is 5.54 Å². The minimum Gasteiger partial charge on any atom is -0.444 e. The number of hydrogen-bond donors (Lipinski definition) is 3. The van der Waals surface area contributed by atoms with Crippen LogP contribution in [0.3, 0.4) is 0 Å². The van der Waals surface area contributed by atoms with Gasteiger partial charge in [-0.2, -0.15) is 11.8 Å². The lowest BCUT2D eigenvalue weighted by atomic mass is 9.93. The van der Waals surface area contributed by atoms with Crippen LogP contribution in [0.15, 0.2) is 4.99 Å². The maximum absolute atomic E-state index is 12.2. The number of unbranched alkanes of at least 4 members (excludes halogenated alkanes) is 1. The topological polar surface area (TPSA) is 74.8 Å². The number of aliphatic imine (C=N–C) groups is 1. The van der Waals surface area contributed by atoms with Gasteiger partial charge in [-0.3, -0.25) is 4.99 Å². The number of hydrogen-bond acceptors (Lipinski definition) is 4. The molecule has 0 heterocycles. The predicted octanol–water partition coefficient (Wildman–Crippen LogP) is 4.00. The van der Waals surface area contributed by atoms with Gasteiger partial charge in [-0.15, -0.1) is 24.0 Å². The molecule has 0 atom stereocenters. The van der Waals surface area contributed by atoms with Crippen molar-refractivity contribution < 1.29 is 9.53 Å². The van der Waals surface area contributed by atoms with Gasteiger partial charge in [0, 0.05) is 20.1 Å². The van der Waals surface area contributed by atoms with E-state index in [4.69, 9.17) is 4.74 Å². The Morgan fingerprint density at radius 1 is 1.12 bits per heavy atom. The molecule has 1 amide bonds. The second-order valence-corrected chi connectivity index (χ2v) is 8.15. The molecular weight excluding hydrogens is 463 g/mol. The number of alkyl carbamates (subject to hydrolysis) is 1. The Kier molecular flexibility index (Phi) is 15.7. The van der Waals surface area contributed by atoms with Gasteiger partial charge in [-0.05, 0) is 58.5 Å². The molecule has 0 aromatic carbocycles. The molecule has 0 aliphatic rings. The molecule has 26 heavy (non-hydrogen) atoms. The summed E-state index contributed by atoms with van der Waals surface area (Å²) in [5.41, 5.74) is -0.863. The molecule has 156 valence electrons. The van der Waals surface area contributed by atoms with Gasteiger partial charge in [0.25, 0.3) is 0 Å². The Balaban J connectivity index is 0. The van der Waals surface area contributed by atoms with Crippen molar-refractivity contribution in [3.05, 3.63) is 0 Å². The molecule has 0 saturated heterocycles. The molecule has 0 rings (SSSR count). The normalized spacial score (nSPS) is 12.2. The van der Waals surface area contributed by atoms with E-state index in [0.717, 1.165) is 31.8 Å². The molecule has 0 aromatic rings. The predicted molar refractivity (Wildman–Crippen MR) is 125 cm³/mol. The Hall–Kier alpha value is -0.380. The molecule has 8 heteroatoms. The van der Waals surface area contributed by atoms with Crippen molar-refractivity contribution in [2.24, 2.45) is 4.99 Å². The average molecular weight is 503 g/mol. The summed E-state index contributed by atoms with van der Waals surface area (Å²) in [5, 5.41) is 9.70. The first-order valence-corrected chi connectivity index (χ1v) is 10.6. The maximum Gasteiger partial charge on any atom is 0.408 e. The number of nitrogens with zero attached hydrogens (tertiary/aromatic N) is 1. The van der Waals surface area contributed by atoms with Crippen LogP contribution < -0.4 is 16.0 Å². The number of carbonyl (C=O) groups is 1. The lowest BCUT2D eigenvalue weighted by Gasteiger charge is -2.34. The van der Waals surface area contributed by atoms with Crippen molar-refractivity contribution in [2.75, 3.05) is 32.1 Å². The van der Waals surface area contributed by atoms with E-state index in [2.05, 4.69) is 41.0 Å². The van der Waals surface area contributed by atoms with E-state index >= 15 is 0 Å². The first-order chi connectivity index (χ1) is 11.7. The summed E-state index contributed by atoms with van der Waals surface area (Å²) in [6.45, 7) is 11.2. The van der Waals surface area contributed by atoms with Gasteiger partial charge in [-0.25, -0.2) is 4.79 Å². The summed E-state index contributed by atoms with van der Waals surface area (Å²) in [4.78, 5) is 16.4. The van der Waals surface area contributed by atoms with Gasteiger partial charge in [0.2, 0.25) is 0 Å². The summed E-state index contributed by atoms with van der Waals surface area (Å²) in [5.74, 6) is 1.95. The number of nitrogens with one attached hydrogen (secondary N) is 3. The first-order valence-electron chi connectivity index (χ1n) is 9.16. The van der Waals surface area contributed by atoms with Gasteiger partial charge >= 0.3 is 6.09 Å². The number of amides is 1. The van der Waals surface area contributed by atoms with Crippen molar-refractivity contribution in [3.8, 4) is 0 Å². The van der Waals surface area contributed by atoms with E-state index < -0.39 is 5.60 Å². The summed E-state index contributed by atoms with van der Waals surface area (Å²) in [6, 6.07) is 0. The second kappa shape index (κ2) is 14.6. The Morgan fingerprint density at radius 3 is 2.19 bits per heavy atom. The second-order valence-electron chi connectivity index (χ2n) is 7.17. The smallest absolute Gasteiger partial charge is 0.408 e. The molecule has 0 aliphatic carbocycles. The van der Waals surface area contributed by atoms with Gasteiger partial charge < -0.3 is 20.7 Å². The van der Waals surface area contributed by atoms with Crippen LogP contribution in [0.2, 0.25) is 0 Å². The fourth-order valence-corrected chi connectivity index (χ4v) is 2.79. The highest BCUT2D eigenvalue weighted by atomic mass is 127. The number of ether oxygens (including phenoxy) is 1. The zero-order valence-corrected chi connectivity index (χ0v) is 20.7. The third-order valence-corrected chi connectivity index (χ3v) is 4.70. The van der Waals surface area contributed by atoms with Crippen molar-refractivity contribution in [2.45, 2.75) is 71.4 Å². The highest BCUT2D eigenvalue weighted by Gasteiger charge is 2.30. The van der Waals surface area contributed by atoms with Crippen LogP contribution in [-0.4, -0.2) is 55.3 Å². The van der Waals surface area contributed by atoms with Crippen molar-refractivity contribution in [1.82, 2.24) is 16.0 Å². The quantitative estimate of drug-likeness (QED) is 0.182. The van der Waals surface area contributed by atoms with E-state index in [9.17, 15) is 4.79 Å². The largest absolute Gasteiger partial charge is 0.444 e. The zero-order chi connectivity index (χ0) is 19.3. The Bertz CT molecular complexity index is 410. The number of guanidine groups is 1. The summed E-state index contributed by atoms with van der Waals surface area (Å²) in [6.07, 6.45) is 5.67. The lowest BCUT2D eigenvalue weighted by molar-refractivity contribution is 0.0448. The number of carbonyl (C=O) groups excluding carboxylic acids is 1. The Morgan fingerprint density at radius 2 is 1.73 bits per heavy atom. The molecule has 0 aromatic heterocycles. The molecule has 0 fully saturated rings. The minimum absolute atomic E-state index is 0. The zero-order valence-electron chi connectivity index (χ0n) is 17.5. The first kappa shape index (κ1) is 27.8. The monoisotopic (exact) mass is 502 g/mol. The maximum atomic E-state index is 12.2. The third-order valence-electron chi connectivity index (χ3n) is 4.01. The highest BCUT2D eigenvalue weighted by molar-refractivity contribution is 14.0. The molecule has 0 radical (unpaired) electrons. The minimum atomic E-state index is -0.501. The number of halogens is 1. The molecule has 0 bridgehead atoms. The van der Waals surface area contributed by atoms with Gasteiger partial charge in [0.15, 0.2) is 5.96 Å². The van der Waals surface area contributed by atoms with Gasteiger partial charge in [-0.1, -0.05) is 13.8 Å². The van der Waals surface area contributed by atoms with Crippen LogP contribution in [0.1, 0.15) is 60.3 Å². The van der Waals surface area contributed by atoms with E-state index in [1.807, 2.05) is 32.5 Å². The van der Waals surface area contributed by atoms with E-state index in [1.54, 1.807) is 7.05 Å². The molecule has 3 N–H and O–H groups in total. The van der Waals surface area contributed by atoms with Crippen molar-refractivity contribution >= 4 is 47.8 Å². The summed E-state index contributed by atoms with van der Waals surface area (Å²) >= 11 is 1.87. The Labute approximate surface area is 181 Å². The molecule has 0 aliphatic heterocycles. The molecule has 0 spiro atoms. The van der Waals surface area contributed by atoms with E-state index in [1.165, 1.54) is 12.2 Å². The standard InChI is InChI=1S/C18H38N4O2S.HI/c1-8-18(9-2,22-16(23)24-17(3,4)5)14-21-15(19-6)20-12-10-11-13-25-7;/h8-14H2,1-7H3,(H,22,23)(H2,19,20,21);1H. The van der Waals surface area contributed by atoms with Crippen LogP contribution in [0, 0.1) is 0 Å². The van der Waals surface area contributed by atoms with Crippen LogP contribution in [0.25, 0.3) is 0 Å². The van der Waals surface area contributed by atoms with Crippen molar-refractivity contribution in [1.29, 1.82) is 0 Å². The van der Waals surface area contributed by atoms with Crippen LogP contribution in [0.4, 0.5) is 4.79 Å². The van der Waals surface area contributed by atoms with E-state index in [0.29, 0.717) is 6.54 Å². The highest BCUT2D eigenvalue weighted by Crippen LogP contribution is 2.16. The van der Waals surface area contributed by atoms with Crippen LogP contribution >= 0.6 is 35.7 Å². The fourth-order valence-electron chi connectivity index (χ4n) is 2.29. The molecule has 6 nitrogen and oxygen atoms in total. The number of rotatable bonds is 10. The molecular formula is C18H39IN4O2S. The SMILES string of the molecule is CCC(CC)(CNC(=NC)NCCCCSC)NC(=O)OC(C)(C)C.I. The molecule has 0 saturated carbocycles. The lowest BCUT2D eigenvalue weighted by Crippen LogP contribution is -2.57. The fraction of sp³-hybridized carbons (Fsp3) is 0.889. The summed E-state index contributed by atoms with van der Waals surface area (Å²) in [7, 11) is 1.76. The van der Waals surface area contributed by atoms with Crippen LogP contribution in [0.5, 0.6) is 0 Å². The van der Waals surface area contributed by atoms with E-state index in [-0.39, 0.29) is 35.6 Å². The number of thioether (sulfide) groups is 1.